The Morgan fingerprint density at radius 1 is 0.905 bits per heavy atom. The first-order valence-electron chi connectivity index (χ1n) is 14.8. The standard InChI is InChI=1S/C35H42N2O5/c1-34(2,3)42-33(39)36-21-25-10-9-12-27(16-25)29-17-26(18-30(19-29)37-23-35(24-37)14-7-8-15-35)22-41-31-13-6-5-11-28(31)20-32(38)40-4/h5-6,9-13,16-19H,7-8,14-15,20-24H2,1-4H3,(H,36,39). The van der Waals surface area contributed by atoms with Crippen LogP contribution in [0.5, 0.6) is 5.75 Å². The highest BCUT2D eigenvalue weighted by Gasteiger charge is 2.44. The van der Waals surface area contributed by atoms with Gasteiger partial charge in [0.2, 0.25) is 0 Å². The molecule has 7 nitrogen and oxygen atoms in total. The van der Waals surface area contributed by atoms with E-state index in [0.717, 1.165) is 40.9 Å². The number of carbonyl (C=O) groups is 2. The maximum Gasteiger partial charge on any atom is 0.407 e. The minimum absolute atomic E-state index is 0.165. The minimum atomic E-state index is -0.543. The average Bonchev–Trinajstić information content (AvgIpc) is 3.45. The molecule has 1 amide bonds. The Morgan fingerprint density at radius 2 is 1.64 bits per heavy atom. The van der Waals surface area contributed by atoms with Crippen LogP contribution < -0.4 is 15.0 Å². The smallest absolute Gasteiger partial charge is 0.407 e. The molecule has 0 atom stereocenters. The van der Waals surface area contributed by atoms with Crippen LogP contribution in [0.3, 0.4) is 0 Å². The molecular formula is C35H42N2O5. The maximum atomic E-state index is 12.2. The van der Waals surface area contributed by atoms with Crippen molar-refractivity contribution in [3.05, 3.63) is 83.4 Å². The molecule has 1 heterocycles. The summed E-state index contributed by atoms with van der Waals surface area (Å²) in [6.07, 6.45) is 5.05. The number of hydrogen-bond acceptors (Lipinski definition) is 6. The molecule has 42 heavy (non-hydrogen) atoms. The van der Waals surface area contributed by atoms with E-state index in [9.17, 15) is 9.59 Å². The summed E-state index contributed by atoms with van der Waals surface area (Å²) in [6, 6.07) is 22.5. The predicted octanol–water partition coefficient (Wildman–Crippen LogP) is 7.05. The fourth-order valence-corrected chi connectivity index (χ4v) is 6.02. The Balaban J connectivity index is 1.37. The third kappa shape index (κ3) is 7.44. The van der Waals surface area contributed by atoms with Gasteiger partial charge in [0.05, 0.1) is 13.5 Å². The first-order valence-corrected chi connectivity index (χ1v) is 14.8. The fraction of sp³-hybridized carbons (Fsp3) is 0.429. The molecular weight excluding hydrogens is 528 g/mol. The molecule has 1 saturated heterocycles. The molecule has 0 unspecified atom stereocenters. The van der Waals surface area contributed by atoms with E-state index in [4.69, 9.17) is 14.2 Å². The second-order valence-electron chi connectivity index (χ2n) is 12.7. The molecule has 1 aliphatic heterocycles. The van der Waals surface area contributed by atoms with E-state index < -0.39 is 11.7 Å². The lowest BCUT2D eigenvalue weighted by atomic mass is 9.78. The normalized spacial score (nSPS) is 15.7. The number of benzene rings is 3. The number of hydrogen-bond donors (Lipinski definition) is 1. The van der Waals surface area contributed by atoms with Crippen LogP contribution in [0.1, 0.15) is 63.1 Å². The van der Waals surface area contributed by atoms with Crippen molar-refractivity contribution >= 4 is 17.7 Å². The van der Waals surface area contributed by atoms with Crippen molar-refractivity contribution in [3.63, 3.8) is 0 Å². The zero-order valence-electron chi connectivity index (χ0n) is 25.2. The quantitative estimate of drug-likeness (QED) is 0.278. The summed E-state index contributed by atoms with van der Waals surface area (Å²) in [7, 11) is 1.40. The number of carbonyl (C=O) groups excluding carboxylic acids is 2. The van der Waals surface area contributed by atoms with E-state index >= 15 is 0 Å². The highest BCUT2D eigenvalue weighted by molar-refractivity contribution is 5.74. The molecule has 2 fully saturated rings. The summed E-state index contributed by atoms with van der Waals surface area (Å²) in [6.45, 7) is 8.50. The van der Waals surface area contributed by atoms with Crippen LogP contribution in [0.4, 0.5) is 10.5 Å². The van der Waals surface area contributed by atoms with Gasteiger partial charge in [0.15, 0.2) is 0 Å². The molecule has 222 valence electrons. The minimum Gasteiger partial charge on any atom is -0.489 e. The van der Waals surface area contributed by atoms with Gasteiger partial charge in [-0.25, -0.2) is 4.79 Å². The summed E-state index contributed by atoms with van der Waals surface area (Å²) >= 11 is 0. The zero-order valence-corrected chi connectivity index (χ0v) is 25.2. The Bertz CT molecular complexity index is 1410. The van der Waals surface area contributed by atoms with E-state index in [2.05, 4.69) is 40.5 Å². The van der Waals surface area contributed by atoms with Gasteiger partial charge in [-0.05, 0) is 86.2 Å². The number of nitrogens with one attached hydrogen (secondary N) is 1. The number of amides is 1. The summed E-state index contributed by atoms with van der Waals surface area (Å²) in [5.41, 5.74) is 6.16. The van der Waals surface area contributed by atoms with Gasteiger partial charge in [-0.1, -0.05) is 49.2 Å². The van der Waals surface area contributed by atoms with Crippen LogP contribution in [-0.4, -0.2) is 37.9 Å². The van der Waals surface area contributed by atoms with E-state index in [0.29, 0.717) is 24.3 Å². The van der Waals surface area contributed by atoms with Crippen molar-refractivity contribution in [1.82, 2.24) is 5.32 Å². The highest BCUT2D eigenvalue weighted by Crippen LogP contribution is 2.47. The summed E-state index contributed by atoms with van der Waals surface area (Å²) in [4.78, 5) is 26.6. The maximum absolute atomic E-state index is 12.2. The van der Waals surface area contributed by atoms with Gasteiger partial charge < -0.3 is 24.4 Å². The summed E-state index contributed by atoms with van der Waals surface area (Å²) in [5, 5.41) is 2.86. The van der Waals surface area contributed by atoms with Crippen LogP contribution >= 0.6 is 0 Å². The summed E-state index contributed by atoms with van der Waals surface area (Å²) < 4.78 is 16.5. The van der Waals surface area contributed by atoms with Crippen LogP contribution in [-0.2, 0) is 33.8 Å². The van der Waals surface area contributed by atoms with Crippen molar-refractivity contribution in [2.45, 2.75) is 71.6 Å². The lowest BCUT2D eigenvalue weighted by molar-refractivity contribution is -0.139. The van der Waals surface area contributed by atoms with Gasteiger partial charge >= 0.3 is 12.1 Å². The SMILES string of the molecule is COC(=O)Cc1ccccc1OCc1cc(-c2cccc(CNC(=O)OC(C)(C)C)c2)cc(N2CC3(CCCC3)C2)c1. The lowest BCUT2D eigenvalue weighted by Gasteiger charge is -2.50. The number of rotatable bonds is 9. The zero-order chi connectivity index (χ0) is 29.7. The largest absolute Gasteiger partial charge is 0.489 e. The second kappa shape index (κ2) is 12.5. The number of methoxy groups -OCH3 is 1. The Hall–Kier alpha value is -4.00. The van der Waals surface area contributed by atoms with Crippen LogP contribution in [0.25, 0.3) is 11.1 Å². The monoisotopic (exact) mass is 570 g/mol. The van der Waals surface area contributed by atoms with Crippen molar-refractivity contribution in [3.8, 4) is 16.9 Å². The number of para-hydroxylation sites is 1. The molecule has 7 heteroatoms. The number of anilines is 1. The Labute approximate surface area is 249 Å². The van der Waals surface area contributed by atoms with Gasteiger partial charge in [0.1, 0.15) is 18.0 Å². The molecule has 2 aliphatic rings. The molecule has 3 aromatic carbocycles. The van der Waals surface area contributed by atoms with E-state index in [-0.39, 0.29) is 12.4 Å². The average molecular weight is 571 g/mol. The topological polar surface area (TPSA) is 77.1 Å². The third-order valence-corrected chi connectivity index (χ3v) is 8.08. The van der Waals surface area contributed by atoms with Gasteiger partial charge in [0.25, 0.3) is 0 Å². The molecule has 1 aliphatic carbocycles. The van der Waals surface area contributed by atoms with Crippen molar-refractivity contribution in [1.29, 1.82) is 0 Å². The van der Waals surface area contributed by atoms with Gasteiger partial charge in [-0.3, -0.25) is 4.79 Å². The van der Waals surface area contributed by atoms with Crippen molar-refractivity contribution < 1.29 is 23.8 Å². The molecule has 0 radical (unpaired) electrons. The molecule has 0 aromatic heterocycles. The fourth-order valence-electron chi connectivity index (χ4n) is 6.02. The van der Waals surface area contributed by atoms with E-state index in [1.54, 1.807) is 0 Å². The second-order valence-corrected chi connectivity index (χ2v) is 12.7. The third-order valence-electron chi connectivity index (χ3n) is 8.08. The van der Waals surface area contributed by atoms with Gasteiger partial charge in [0, 0.05) is 36.3 Å². The van der Waals surface area contributed by atoms with Gasteiger partial charge in [-0.15, -0.1) is 0 Å². The first kappa shape index (κ1) is 29.5. The number of ether oxygens (including phenoxy) is 3. The number of alkyl carbamates (subject to hydrolysis) is 1. The highest BCUT2D eigenvalue weighted by atomic mass is 16.6. The molecule has 1 saturated carbocycles. The molecule has 3 aromatic rings. The Morgan fingerprint density at radius 3 is 2.38 bits per heavy atom. The number of esters is 1. The molecule has 5 rings (SSSR count). The van der Waals surface area contributed by atoms with E-state index in [1.807, 2.05) is 57.2 Å². The van der Waals surface area contributed by atoms with Crippen LogP contribution in [0, 0.1) is 5.41 Å². The van der Waals surface area contributed by atoms with Crippen LogP contribution in [0.15, 0.2) is 66.7 Å². The number of nitrogens with zero attached hydrogens (tertiary/aromatic N) is 1. The van der Waals surface area contributed by atoms with Crippen molar-refractivity contribution in [2.24, 2.45) is 5.41 Å². The molecule has 1 spiro atoms. The molecule has 0 bridgehead atoms. The lowest BCUT2D eigenvalue weighted by Crippen LogP contribution is -2.55. The van der Waals surface area contributed by atoms with Gasteiger partial charge in [-0.2, -0.15) is 0 Å². The predicted molar refractivity (Wildman–Crippen MR) is 165 cm³/mol. The van der Waals surface area contributed by atoms with Crippen LogP contribution in [0.2, 0.25) is 0 Å². The molecule has 1 N–H and O–H groups in total. The van der Waals surface area contributed by atoms with E-state index in [1.165, 1.54) is 38.5 Å². The Kier molecular flexibility index (Phi) is 8.76. The summed E-state index contributed by atoms with van der Waals surface area (Å²) in [5.74, 6) is 0.383. The first-order chi connectivity index (χ1) is 20.1. The van der Waals surface area contributed by atoms with Crippen molar-refractivity contribution in [2.75, 3.05) is 25.1 Å².